The van der Waals surface area contributed by atoms with Crippen LogP contribution in [0.1, 0.15) is 29.4 Å². The number of fused-ring (bicyclic) bond motifs is 5. The van der Waals surface area contributed by atoms with Crippen LogP contribution in [0.2, 0.25) is 0 Å². The van der Waals surface area contributed by atoms with Gasteiger partial charge in [0.05, 0.1) is 11.0 Å². The van der Waals surface area contributed by atoms with E-state index in [1.54, 1.807) is 24.3 Å². The van der Waals surface area contributed by atoms with Gasteiger partial charge in [0.1, 0.15) is 11.2 Å². The molecule has 1 aliphatic rings. The highest BCUT2D eigenvalue weighted by molar-refractivity contribution is 6.25. The van der Waals surface area contributed by atoms with Gasteiger partial charge in [-0.2, -0.15) is 0 Å². The molecule has 0 aliphatic heterocycles. The summed E-state index contributed by atoms with van der Waals surface area (Å²) in [5.74, 6) is 0. The molecular formula is C38H26O. The maximum atomic E-state index is 9.32. The lowest BCUT2D eigenvalue weighted by atomic mass is 9.84. The Hall–Kier alpha value is -4.88. The van der Waals surface area contributed by atoms with Gasteiger partial charge in [-0.25, -0.2) is 0 Å². The third kappa shape index (κ3) is 3.47. The maximum absolute atomic E-state index is 9.32. The first-order valence-corrected chi connectivity index (χ1v) is 13.0. The first-order chi connectivity index (χ1) is 22.7. The second-order valence-corrected chi connectivity index (χ2v) is 9.75. The molecule has 1 heteroatoms. The van der Waals surface area contributed by atoms with Crippen LogP contribution in [0.15, 0.2) is 138 Å². The zero-order valence-electron chi connectivity index (χ0n) is 28.9. The van der Waals surface area contributed by atoms with Crippen molar-refractivity contribution in [1.82, 2.24) is 0 Å². The minimum absolute atomic E-state index is 0.185. The van der Waals surface area contributed by atoms with Gasteiger partial charge in [-0.15, -0.1) is 0 Å². The second kappa shape index (κ2) is 8.85. The standard InChI is InChI=1S/C38H26O/c1-3-13-25(14-4-1)27-23-33(38-32-21-11-12-22-34(32)39-35(38)24-27)37-30-19-9-7-17-28(30)36(26-15-5-2-6-16-26)29-18-8-10-20-31(29)37/h2-3,5-24H,1,4H2/i7D,8D,9D,10D,17D,18D,19D,20D. The topological polar surface area (TPSA) is 13.1 Å². The van der Waals surface area contributed by atoms with Gasteiger partial charge in [-0.05, 0) is 86.0 Å². The van der Waals surface area contributed by atoms with Crippen molar-refractivity contribution in [3.63, 3.8) is 0 Å². The van der Waals surface area contributed by atoms with Crippen molar-refractivity contribution in [2.75, 3.05) is 0 Å². The Kier molecular flexibility index (Phi) is 3.52. The summed E-state index contributed by atoms with van der Waals surface area (Å²) >= 11 is 0. The average Bonchev–Trinajstić information content (AvgIpc) is 3.49. The molecule has 0 N–H and O–H groups in total. The molecule has 7 aromatic rings. The van der Waals surface area contributed by atoms with E-state index >= 15 is 0 Å². The zero-order chi connectivity index (χ0) is 32.7. The minimum atomic E-state index is -0.426. The molecule has 39 heavy (non-hydrogen) atoms. The summed E-state index contributed by atoms with van der Waals surface area (Å²) in [6.45, 7) is 0. The van der Waals surface area contributed by atoms with Crippen LogP contribution in [-0.2, 0) is 0 Å². The van der Waals surface area contributed by atoms with Crippen molar-refractivity contribution in [3.05, 3.63) is 139 Å². The molecule has 0 saturated carbocycles. The van der Waals surface area contributed by atoms with Gasteiger partial charge in [0.2, 0.25) is 0 Å². The van der Waals surface area contributed by atoms with Crippen molar-refractivity contribution >= 4 is 49.1 Å². The predicted molar refractivity (Wildman–Crippen MR) is 166 cm³/mol. The molecule has 0 spiro atoms. The van der Waals surface area contributed by atoms with Crippen molar-refractivity contribution in [3.8, 4) is 22.3 Å². The average molecular weight is 507 g/mol. The summed E-state index contributed by atoms with van der Waals surface area (Å²) in [5, 5.41) is 2.23. The Morgan fingerprint density at radius 1 is 0.590 bits per heavy atom. The minimum Gasteiger partial charge on any atom is -0.456 e. The van der Waals surface area contributed by atoms with Gasteiger partial charge in [0.25, 0.3) is 0 Å². The first kappa shape index (κ1) is 15.5. The van der Waals surface area contributed by atoms with E-state index in [4.69, 9.17) is 9.90 Å². The van der Waals surface area contributed by atoms with Crippen LogP contribution in [0.3, 0.4) is 0 Å². The molecular weight excluding hydrogens is 472 g/mol. The van der Waals surface area contributed by atoms with Crippen molar-refractivity contribution in [2.24, 2.45) is 0 Å². The van der Waals surface area contributed by atoms with E-state index in [1.807, 2.05) is 48.5 Å². The highest BCUT2D eigenvalue weighted by Gasteiger charge is 2.21. The third-order valence-corrected chi connectivity index (χ3v) is 7.51. The van der Waals surface area contributed by atoms with E-state index in [9.17, 15) is 5.48 Å². The van der Waals surface area contributed by atoms with Crippen LogP contribution in [0, 0.1) is 0 Å². The summed E-state index contributed by atoms with van der Waals surface area (Å²) in [6.07, 6.45) is 8.07. The molecule has 0 saturated heterocycles. The fourth-order valence-electron chi connectivity index (χ4n) is 5.83. The molecule has 0 bridgehead atoms. The fourth-order valence-corrected chi connectivity index (χ4v) is 5.83. The number of rotatable bonds is 3. The quantitative estimate of drug-likeness (QED) is 0.217. The largest absolute Gasteiger partial charge is 0.456 e. The van der Waals surface area contributed by atoms with E-state index in [-0.39, 0.29) is 45.7 Å². The summed E-state index contributed by atoms with van der Waals surface area (Å²) in [5.41, 5.74) is 4.78. The van der Waals surface area contributed by atoms with Gasteiger partial charge in [0.15, 0.2) is 0 Å². The molecule has 184 valence electrons. The van der Waals surface area contributed by atoms with E-state index in [0.29, 0.717) is 38.8 Å². The Labute approximate surface area is 238 Å². The molecule has 1 nitrogen and oxygen atoms in total. The summed E-state index contributed by atoms with van der Waals surface area (Å²) < 4.78 is 78.4. The predicted octanol–water partition coefficient (Wildman–Crippen LogP) is 11.0. The molecule has 0 unspecified atom stereocenters. The Morgan fingerprint density at radius 3 is 1.95 bits per heavy atom. The Balaban J connectivity index is 1.72. The molecule has 0 radical (unpaired) electrons. The SMILES string of the molecule is [2H]c1c([2H])c([2H])c2c(-c3cc(C4=CCCC=C4)cc4oc5ccccc5c34)c3c([2H])c([2H])c([2H])c([2H])c3c(-c3ccccc3)c2c1[2H]. The number of benzene rings is 6. The van der Waals surface area contributed by atoms with Gasteiger partial charge >= 0.3 is 0 Å². The lowest BCUT2D eigenvalue weighted by molar-refractivity contribution is 0.669. The van der Waals surface area contributed by atoms with E-state index in [1.165, 1.54) is 0 Å². The number of hydrogen-bond acceptors (Lipinski definition) is 1. The molecule has 1 aliphatic carbocycles. The molecule has 6 aromatic carbocycles. The van der Waals surface area contributed by atoms with Gasteiger partial charge in [-0.3, -0.25) is 0 Å². The number of furan rings is 1. The van der Waals surface area contributed by atoms with E-state index < -0.39 is 24.2 Å². The number of para-hydroxylation sites is 1. The number of hydrogen-bond donors (Lipinski definition) is 0. The third-order valence-electron chi connectivity index (χ3n) is 7.51. The van der Waals surface area contributed by atoms with Crippen molar-refractivity contribution in [2.45, 2.75) is 12.8 Å². The highest BCUT2D eigenvalue weighted by atomic mass is 16.3. The van der Waals surface area contributed by atoms with Crippen LogP contribution in [0.4, 0.5) is 0 Å². The van der Waals surface area contributed by atoms with E-state index in [0.717, 1.165) is 29.4 Å². The summed E-state index contributed by atoms with van der Waals surface area (Å²) in [7, 11) is 0. The summed E-state index contributed by atoms with van der Waals surface area (Å²) in [4.78, 5) is 0. The van der Waals surface area contributed by atoms with Gasteiger partial charge < -0.3 is 4.42 Å². The highest BCUT2D eigenvalue weighted by Crippen LogP contribution is 2.47. The molecule has 1 heterocycles. The first-order valence-electron chi connectivity index (χ1n) is 17.0. The van der Waals surface area contributed by atoms with Gasteiger partial charge in [0, 0.05) is 10.8 Å². The van der Waals surface area contributed by atoms with Crippen molar-refractivity contribution < 1.29 is 15.4 Å². The van der Waals surface area contributed by atoms with Crippen LogP contribution in [0.5, 0.6) is 0 Å². The second-order valence-electron chi connectivity index (χ2n) is 9.75. The van der Waals surface area contributed by atoms with Crippen LogP contribution in [0.25, 0.3) is 71.3 Å². The summed E-state index contributed by atoms with van der Waals surface area (Å²) in [6, 6.07) is 17.7. The van der Waals surface area contributed by atoms with Gasteiger partial charge in [-0.1, -0.05) is 115 Å². The Bertz CT molecular complexity index is 2460. The molecule has 0 fully saturated rings. The van der Waals surface area contributed by atoms with Crippen molar-refractivity contribution in [1.29, 1.82) is 0 Å². The Morgan fingerprint density at radius 2 is 1.26 bits per heavy atom. The van der Waals surface area contributed by atoms with E-state index in [2.05, 4.69) is 12.2 Å². The van der Waals surface area contributed by atoms with Crippen LogP contribution < -0.4 is 0 Å². The molecule has 0 atom stereocenters. The van der Waals surface area contributed by atoms with Crippen LogP contribution in [-0.4, -0.2) is 0 Å². The van der Waals surface area contributed by atoms with Crippen LogP contribution >= 0.6 is 0 Å². The number of allylic oxidation sites excluding steroid dienone is 4. The lowest BCUT2D eigenvalue weighted by Gasteiger charge is -2.19. The lowest BCUT2D eigenvalue weighted by Crippen LogP contribution is -1.93. The molecule has 8 rings (SSSR count). The fraction of sp³-hybridized carbons (Fsp3) is 0.0526. The smallest absolute Gasteiger partial charge is 0.136 e. The monoisotopic (exact) mass is 506 g/mol. The molecule has 0 amide bonds. The zero-order valence-corrected chi connectivity index (χ0v) is 20.9. The maximum Gasteiger partial charge on any atom is 0.136 e. The molecule has 1 aromatic heterocycles. The normalized spacial score (nSPS) is 16.4.